The first-order chi connectivity index (χ1) is 10.2. The van der Waals surface area contributed by atoms with E-state index in [0.29, 0.717) is 18.9 Å². The molecule has 21 heavy (non-hydrogen) atoms. The van der Waals surface area contributed by atoms with Crippen molar-refractivity contribution in [1.29, 1.82) is 0 Å². The molecule has 0 saturated heterocycles. The third-order valence-corrected chi connectivity index (χ3v) is 3.37. The molecule has 1 heterocycles. The van der Waals surface area contributed by atoms with Crippen LogP contribution in [0.15, 0.2) is 24.3 Å². The number of nitrogens with zero attached hydrogens (tertiary/aromatic N) is 2. The molecule has 0 bridgehead atoms. The molecule has 0 unspecified atom stereocenters. The zero-order chi connectivity index (χ0) is 15.2. The van der Waals surface area contributed by atoms with Crippen molar-refractivity contribution in [2.75, 3.05) is 6.54 Å². The van der Waals surface area contributed by atoms with Crippen molar-refractivity contribution in [3.05, 3.63) is 47.0 Å². The van der Waals surface area contributed by atoms with Crippen molar-refractivity contribution in [3.8, 4) is 5.75 Å². The lowest BCUT2D eigenvalue weighted by Gasteiger charge is -2.12. The molecule has 2 aromatic rings. The van der Waals surface area contributed by atoms with Crippen LogP contribution in [0, 0.1) is 5.82 Å². The lowest BCUT2D eigenvalue weighted by atomic mass is 10.2. The average Bonchev–Trinajstić information content (AvgIpc) is 2.84. The van der Waals surface area contributed by atoms with Crippen LogP contribution in [0.25, 0.3) is 0 Å². The fraction of sp³-hybridized carbons (Fsp3) is 0.438. The van der Waals surface area contributed by atoms with E-state index in [0.717, 1.165) is 29.9 Å². The topological polar surface area (TPSA) is 39.1 Å². The summed E-state index contributed by atoms with van der Waals surface area (Å²) in [6, 6.07) is 6.99. The van der Waals surface area contributed by atoms with Crippen molar-refractivity contribution in [2.45, 2.75) is 33.4 Å². The van der Waals surface area contributed by atoms with Gasteiger partial charge in [0, 0.05) is 19.2 Å². The molecule has 1 aromatic heterocycles. The highest BCUT2D eigenvalue weighted by Crippen LogP contribution is 2.23. The van der Waals surface area contributed by atoms with Crippen molar-refractivity contribution < 1.29 is 9.13 Å². The second-order valence-electron chi connectivity index (χ2n) is 4.90. The number of ether oxygens (including phenoxy) is 1. The standard InChI is InChI=1S/C16H22FN3O/c1-4-13-9-14(20(3)19-13)11-21-16-12(10-18-5-2)7-6-8-15(16)17/h6-9,18H,4-5,10-11H2,1-3H3. The number of benzene rings is 1. The highest BCUT2D eigenvalue weighted by atomic mass is 19.1. The van der Waals surface area contributed by atoms with Gasteiger partial charge in [-0.3, -0.25) is 4.68 Å². The summed E-state index contributed by atoms with van der Waals surface area (Å²) in [4.78, 5) is 0. The van der Waals surface area contributed by atoms with E-state index in [1.165, 1.54) is 6.07 Å². The van der Waals surface area contributed by atoms with E-state index in [2.05, 4.69) is 17.3 Å². The molecular formula is C16H22FN3O. The molecule has 0 amide bonds. The number of nitrogens with one attached hydrogen (secondary N) is 1. The minimum atomic E-state index is -0.330. The highest BCUT2D eigenvalue weighted by molar-refractivity contribution is 5.35. The van der Waals surface area contributed by atoms with Gasteiger partial charge in [0.1, 0.15) is 6.61 Å². The summed E-state index contributed by atoms with van der Waals surface area (Å²) < 4.78 is 21.5. The maximum Gasteiger partial charge on any atom is 0.165 e. The predicted molar refractivity (Wildman–Crippen MR) is 80.7 cm³/mol. The molecule has 114 valence electrons. The summed E-state index contributed by atoms with van der Waals surface area (Å²) in [5.74, 6) is -0.0130. The van der Waals surface area contributed by atoms with Crippen LogP contribution in [0.5, 0.6) is 5.75 Å². The molecule has 0 aliphatic rings. The molecule has 4 nitrogen and oxygen atoms in total. The predicted octanol–water partition coefficient (Wildman–Crippen LogP) is 2.81. The summed E-state index contributed by atoms with van der Waals surface area (Å²) in [6.07, 6.45) is 0.874. The molecule has 0 spiro atoms. The fourth-order valence-corrected chi connectivity index (χ4v) is 2.14. The largest absolute Gasteiger partial charge is 0.484 e. The zero-order valence-corrected chi connectivity index (χ0v) is 12.8. The SMILES string of the molecule is CCNCc1cccc(F)c1OCc1cc(CC)nn1C. The molecule has 0 aliphatic carbocycles. The molecule has 1 aromatic carbocycles. The number of rotatable bonds is 7. The van der Waals surface area contributed by atoms with Gasteiger partial charge < -0.3 is 10.1 Å². The third kappa shape index (κ3) is 3.82. The van der Waals surface area contributed by atoms with Gasteiger partial charge in [0.2, 0.25) is 0 Å². The lowest BCUT2D eigenvalue weighted by molar-refractivity contribution is 0.276. The molecule has 0 saturated carbocycles. The van der Waals surface area contributed by atoms with Gasteiger partial charge in [0.05, 0.1) is 11.4 Å². The Morgan fingerprint density at radius 3 is 2.81 bits per heavy atom. The minimum absolute atomic E-state index is 0.309. The van der Waals surface area contributed by atoms with Crippen LogP contribution in [-0.4, -0.2) is 16.3 Å². The Morgan fingerprint density at radius 1 is 1.33 bits per heavy atom. The van der Waals surface area contributed by atoms with Gasteiger partial charge in [0.15, 0.2) is 11.6 Å². The third-order valence-electron chi connectivity index (χ3n) is 3.37. The molecule has 0 aliphatic heterocycles. The summed E-state index contributed by atoms with van der Waals surface area (Å²) in [5, 5.41) is 7.56. The van der Waals surface area contributed by atoms with Crippen molar-refractivity contribution >= 4 is 0 Å². The Labute approximate surface area is 124 Å². The summed E-state index contributed by atoms with van der Waals surface area (Å²) >= 11 is 0. The first-order valence-electron chi connectivity index (χ1n) is 7.28. The number of aromatic nitrogens is 2. The Kier molecular flexibility index (Phi) is 5.33. The van der Waals surface area contributed by atoms with Crippen molar-refractivity contribution in [1.82, 2.24) is 15.1 Å². The molecular weight excluding hydrogens is 269 g/mol. The molecule has 0 radical (unpaired) electrons. The van der Waals surface area contributed by atoms with E-state index >= 15 is 0 Å². The van der Waals surface area contributed by atoms with Crippen molar-refractivity contribution in [3.63, 3.8) is 0 Å². The van der Waals surface area contributed by atoms with Gasteiger partial charge >= 0.3 is 0 Å². The normalized spacial score (nSPS) is 10.9. The van der Waals surface area contributed by atoms with E-state index in [-0.39, 0.29) is 5.82 Å². The smallest absolute Gasteiger partial charge is 0.165 e. The van der Waals surface area contributed by atoms with E-state index in [1.807, 2.05) is 26.1 Å². The molecule has 0 atom stereocenters. The molecule has 0 fully saturated rings. The van der Waals surface area contributed by atoms with E-state index in [9.17, 15) is 4.39 Å². The van der Waals surface area contributed by atoms with Crippen LogP contribution < -0.4 is 10.1 Å². The van der Waals surface area contributed by atoms with Gasteiger partial charge in [-0.25, -0.2) is 4.39 Å². The Hall–Kier alpha value is -1.88. The lowest BCUT2D eigenvalue weighted by Crippen LogP contribution is -2.14. The van der Waals surface area contributed by atoms with Crippen LogP contribution in [0.4, 0.5) is 4.39 Å². The highest BCUT2D eigenvalue weighted by Gasteiger charge is 2.11. The van der Waals surface area contributed by atoms with E-state index in [1.54, 1.807) is 10.7 Å². The first-order valence-corrected chi connectivity index (χ1v) is 7.28. The number of para-hydroxylation sites is 1. The summed E-state index contributed by atoms with van der Waals surface area (Å²) in [5.41, 5.74) is 2.77. The Morgan fingerprint density at radius 2 is 2.14 bits per heavy atom. The zero-order valence-electron chi connectivity index (χ0n) is 12.8. The molecule has 2 rings (SSSR count). The molecule has 5 heteroatoms. The molecule has 1 N–H and O–H groups in total. The maximum absolute atomic E-state index is 14.0. The number of hydrogen-bond acceptors (Lipinski definition) is 3. The second kappa shape index (κ2) is 7.22. The van der Waals surface area contributed by atoms with Gasteiger partial charge in [0.25, 0.3) is 0 Å². The van der Waals surface area contributed by atoms with Crippen LogP contribution in [0.3, 0.4) is 0 Å². The van der Waals surface area contributed by atoms with Gasteiger partial charge in [-0.05, 0) is 25.1 Å². The Bertz CT molecular complexity index is 595. The number of hydrogen-bond donors (Lipinski definition) is 1. The summed E-state index contributed by atoms with van der Waals surface area (Å²) in [6.45, 7) is 5.80. The fourth-order valence-electron chi connectivity index (χ4n) is 2.14. The minimum Gasteiger partial charge on any atom is -0.484 e. The van der Waals surface area contributed by atoms with Crippen LogP contribution in [-0.2, 0) is 26.6 Å². The van der Waals surface area contributed by atoms with Crippen molar-refractivity contribution in [2.24, 2.45) is 7.05 Å². The Balaban J connectivity index is 2.13. The number of aryl methyl sites for hydroxylation is 2. The van der Waals surface area contributed by atoms with E-state index < -0.39 is 0 Å². The average molecular weight is 291 g/mol. The van der Waals surface area contributed by atoms with Gasteiger partial charge in [-0.1, -0.05) is 26.0 Å². The maximum atomic E-state index is 14.0. The van der Waals surface area contributed by atoms with Gasteiger partial charge in [-0.2, -0.15) is 5.10 Å². The van der Waals surface area contributed by atoms with Gasteiger partial charge in [-0.15, -0.1) is 0 Å². The van der Waals surface area contributed by atoms with Crippen LogP contribution in [0.1, 0.15) is 30.8 Å². The quantitative estimate of drug-likeness (QED) is 0.852. The number of halogens is 1. The monoisotopic (exact) mass is 291 g/mol. The van der Waals surface area contributed by atoms with Crippen LogP contribution >= 0.6 is 0 Å². The second-order valence-corrected chi connectivity index (χ2v) is 4.90. The van der Waals surface area contributed by atoms with Crippen LogP contribution in [0.2, 0.25) is 0 Å². The van der Waals surface area contributed by atoms with E-state index in [4.69, 9.17) is 4.74 Å². The summed E-state index contributed by atoms with van der Waals surface area (Å²) in [7, 11) is 1.87. The first kappa shape index (κ1) is 15.5.